The molecule has 0 unspecified atom stereocenters. The van der Waals surface area contributed by atoms with Gasteiger partial charge in [-0.3, -0.25) is 0 Å². The number of rotatable bonds is 4. The zero-order chi connectivity index (χ0) is 10.6. The minimum atomic E-state index is -1.87. The molecule has 0 saturated heterocycles. The van der Waals surface area contributed by atoms with Crippen molar-refractivity contribution in [2.45, 2.75) is 6.92 Å². The van der Waals surface area contributed by atoms with E-state index in [0.29, 0.717) is 12.4 Å². The molecule has 6 heteroatoms. The van der Waals surface area contributed by atoms with E-state index >= 15 is 0 Å². The third-order valence-corrected chi connectivity index (χ3v) is 1.74. The van der Waals surface area contributed by atoms with Gasteiger partial charge in [0.1, 0.15) is 11.5 Å². The molecule has 2 N–H and O–H groups in total. The van der Waals surface area contributed by atoms with Gasteiger partial charge in [-0.15, -0.1) is 0 Å². The summed E-state index contributed by atoms with van der Waals surface area (Å²) in [5, 5.41) is 17.4. The molecule has 4 nitrogen and oxygen atoms in total. The second-order valence-corrected chi connectivity index (χ2v) is 2.88. The van der Waals surface area contributed by atoms with Crippen molar-refractivity contribution in [1.29, 1.82) is 0 Å². The van der Waals surface area contributed by atoms with Crippen molar-refractivity contribution in [2.24, 2.45) is 0 Å². The molecule has 0 bridgehead atoms. The maximum Gasteiger partial charge on any atom is 0.707 e. The van der Waals surface area contributed by atoms with Crippen LogP contribution in [0.2, 0.25) is 5.02 Å². The molecule has 0 fully saturated rings. The average molecular weight is 216 g/mol. The van der Waals surface area contributed by atoms with Gasteiger partial charge in [-0.05, 0) is 19.1 Å². The Morgan fingerprint density at radius 1 is 1.43 bits per heavy atom. The van der Waals surface area contributed by atoms with Crippen LogP contribution in [0.15, 0.2) is 18.2 Å². The summed E-state index contributed by atoms with van der Waals surface area (Å²) >= 11 is 5.78. The van der Waals surface area contributed by atoms with E-state index in [0.717, 1.165) is 0 Å². The highest BCUT2D eigenvalue weighted by Gasteiger charge is 2.13. The summed E-state index contributed by atoms with van der Waals surface area (Å²) in [6.07, 6.45) is 0. The van der Waals surface area contributed by atoms with Crippen molar-refractivity contribution in [1.82, 2.24) is 0 Å². The van der Waals surface area contributed by atoms with Crippen LogP contribution in [0.1, 0.15) is 6.92 Å². The lowest BCUT2D eigenvalue weighted by atomic mass is 10.2. The third-order valence-electron chi connectivity index (χ3n) is 1.45. The topological polar surface area (TPSA) is 58.9 Å². The predicted molar refractivity (Wildman–Crippen MR) is 53.4 cm³/mol. The highest BCUT2D eigenvalue weighted by molar-refractivity contribution is 6.36. The molecule has 0 aliphatic carbocycles. The van der Waals surface area contributed by atoms with Crippen LogP contribution in [0, 0.1) is 0 Å². The summed E-state index contributed by atoms with van der Waals surface area (Å²) in [5.74, 6) is 0.808. The zero-order valence-electron chi connectivity index (χ0n) is 7.61. The van der Waals surface area contributed by atoms with E-state index in [1.54, 1.807) is 12.1 Å². The fourth-order valence-electron chi connectivity index (χ4n) is 0.947. The minimum absolute atomic E-state index is 0.199. The first-order valence-electron chi connectivity index (χ1n) is 4.08. The fraction of sp³-hybridized carbons (Fsp3) is 0.250. The summed E-state index contributed by atoms with van der Waals surface area (Å²) in [5.41, 5.74) is 0. The lowest BCUT2D eigenvalue weighted by molar-refractivity contribution is 0.287. The van der Waals surface area contributed by atoms with Crippen LogP contribution in [0.5, 0.6) is 11.5 Å². The molecular formula is C8H10BClO4. The summed E-state index contributed by atoms with van der Waals surface area (Å²) in [7, 11) is -1.87. The van der Waals surface area contributed by atoms with Gasteiger partial charge in [0.25, 0.3) is 0 Å². The van der Waals surface area contributed by atoms with E-state index in [1.165, 1.54) is 6.07 Å². The molecule has 0 atom stereocenters. The van der Waals surface area contributed by atoms with Crippen LogP contribution in [0.25, 0.3) is 0 Å². The molecule has 0 aromatic heterocycles. The number of benzene rings is 1. The highest BCUT2D eigenvalue weighted by Crippen LogP contribution is 2.28. The molecule has 0 spiro atoms. The van der Waals surface area contributed by atoms with Crippen LogP contribution in [-0.2, 0) is 0 Å². The van der Waals surface area contributed by atoms with Crippen LogP contribution < -0.4 is 9.39 Å². The van der Waals surface area contributed by atoms with Crippen molar-refractivity contribution in [3.63, 3.8) is 0 Å². The van der Waals surface area contributed by atoms with Gasteiger partial charge >= 0.3 is 7.32 Å². The molecule has 0 amide bonds. The SMILES string of the molecule is CCOc1ccc(OB(O)O)c(Cl)c1. The Labute approximate surface area is 87.2 Å². The Bertz CT molecular complexity index is 305. The van der Waals surface area contributed by atoms with Gasteiger partial charge in [-0.25, -0.2) is 0 Å². The molecule has 0 saturated carbocycles. The average Bonchev–Trinajstić information content (AvgIpc) is 2.10. The van der Waals surface area contributed by atoms with Gasteiger partial charge in [0, 0.05) is 6.07 Å². The van der Waals surface area contributed by atoms with Crippen LogP contribution >= 0.6 is 11.6 Å². The molecule has 0 heterocycles. The van der Waals surface area contributed by atoms with Gasteiger partial charge in [-0.1, -0.05) is 11.6 Å². The van der Waals surface area contributed by atoms with E-state index < -0.39 is 7.32 Å². The second-order valence-electron chi connectivity index (χ2n) is 2.47. The Morgan fingerprint density at radius 3 is 2.64 bits per heavy atom. The highest BCUT2D eigenvalue weighted by atomic mass is 35.5. The minimum Gasteiger partial charge on any atom is -0.511 e. The molecule has 0 radical (unpaired) electrons. The number of halogens is 1. The molecule has 76 valence electrons. The van der Waals surface area contributed by atoms with Gasteiger partial charge in [0.05, 0.1) is 11.6 Å². The molecule has 1 aromatic carbocycles. The van der Waals surface area contributed by atoms with E-state index in [-0.39, 0.29) is 10.8 Å². The summed E-state index contributed by atoms with van der Waals surface area (Å²) in [6, 6.07) is 4.68. The number of hydrogen-bond donors (Lipinski definition) is 2. The molecule has 0 aliphatic heterocycles. The lowest BCUT2D eigenvalue weighted by Crippen LogP contribution is -2.20. The summed E-state index contributed by atoms with van der Waals surface area (Å²) < 4.78 is 9.78. The molecule has 0 aliphatic rings. The van der Waals surface area contributed by atoms with E-state index in [1.807, 2.05) is 6.92 Å². The van der Waals surface area contributed by atoms with E-state index in [2.05, 4.69) is 4.65 Å². The van der Waals surface area contributed by atoms with Crippen molar-refractivity contribution in [2.75, 3.05) is 6.61 Å². The van der Waals surface area contributed by atoms with E-state index in [4.69, 9.17) is 26.4 Å². The number of ether oxygens (including phenoxy) is 1. The lowest BCUT2D eigenvalue weighted by Gasteiger charge is -2.08. The first-order valence-corrected chi connectivity index (χ1v) is 4.46. The van der Waals surface area contributed by atoms with Crippen LogP contribution in [0.3, 0.4) is 0 Å². The molecule has 1 rings (SSSR count). The molecule has 14 heavy (non-hydrogen) atoms. The molecule has 1 aromatic rings. The predicted octanol–water partition coefficient (Wildman–Crippen LogP) is 1.09. The van der Waals surface area contributed by atoms with Gasteiger partial charge in [0.15, 0.2) is 0 Å². The third kappa shape index (κ3) is 3.10. The largest absolute Gasteiger partial charge is 0.707 e. The Morgan fingerprint density at radius 2 is 2.14 bits per heavy atom. The van der Waals surface area contributed by atoms with Crippen LogP contribution in [0.4, 0.5) is 0 Å². The van der Waals surface area contributed by atoms with Gasteiger partial charge < -0.3 is 19.4 Å². The fourth-order valence-corrected chi connectivity index (χ4v) is 1.16. The smallest absolute Gasteiger partial charge is 0.511 e. The quantitative estimate of drug-likeness (QED) is 0.740. The standard InChI is InChI=1S/C8H10BClO4/c1-2-13-6-3-4-8(7(10)5-6)14-9(11)12/h3-5,11-12H,2H2,1H3. The molecular weight excluding hydrogens is 206 g/mol. The Balaban J connectivity index is 2.79. The normalized spacial score (nSPS) is 9.71. The number of hydrogen-bond acceptors (Lipinski definition) is 4. The van der Waals surface area contributed by atoms with Crippen LogP contribution in [-0.4, -0.2) is 24.0 Å². The first-order chi connectivity index (χ1) is 6.63. The van der Waals surface area contributed by atoms with Crippen molar-refractivity contribution >= 4 is 18.9 Å². The summed E-state index contributed by atoms with van der Waals surface area (Å²) in [6.45, 7) is 2.40. The monoisotopic (exact) mass is 216 g/mol. The maximum atomic E-state index is 8.55. The van der Waals surface area contributed by atoms with Crippen molar-refractivity contribution in [3.05, 3.63) is 23.2 Å². The van der Waals surface area contributed by atoms with Gasteiger partial charge in [-0.2, -0.15) is 0 Å². The summed E-state index contributed by atoms with van der Waals surface area (Å²) in [4.78, 5) is 0. The first kappa shape index (κ1) is 11.2. The zero-order valence-corrected chi connectivity index (χ0v) is 8.36. The Kier molecular flexibility index (Phi) is 4.07. The van der Waals surface area contributed by atoms with Crippen molar-refractivity contribution < 1.29 is 19.4 Å². The van der Waals surface area contributed by atoms with E-state index in [9.17, 15) is 0 Å². The second kappa shape index (κ2) is 5.09. The maximum absolute atomic E-state index is 8.55. The van der Waals surface area contributed by atoms with Crippen molar-refractivity contribution in [3.8, 4) is 11.5 Å². The Hall–Kier alpha value is -0.905. The van der Waals surface area contributed by atoms with Gasteiger partial charge in [0.2, 0.25) is 0 Å².